The number of anilines is 4. The minimum absolute atomic E-state index is 0.187. The van der Waals surface area contributed by atoms with E-state index in [2.05, 4.69) is 65.2 Å². The molecule has 0 aliphatic carbocycles. The number of fused-ring (bicyclic) bond motifs is 2. The van der Waals surface area contributed by atoms with Gasteiger partial charge in [-0.3, -0.25) is 28.2 Å². The second-order valence-electron chi connectivity index (χ2n) is 19.2. The molecule has 1 aliphatic rings. The highest BCUT2D eigenvalue weighted by Gasteiger charge is 2.52. The molecule has 2 aromatic carbocycles. The number of hydrogen-bond donors (Lipinski definition) is 2. The Kier molecular flexibility index (Phi) is 15.7. The quantitative estimate of drug-likeness (QED) is 0.109. The second kappa shape index (κ2) is 22.4. The monoisotopic (exact) mass is 1150 g/mol. The Hall–Kier alpha value is -8.16. The molecule has 0 amide bonds. The van der Waals surface area contributed by atoms with Crippen LogP contribution in [-0.2, 0) is 29.4 Å². The largest absolute Gasteiger partial charge is 0.496 e. The first-order valence-electron chi connectivity index (χ1n) is 24.2. The number of nitrogens with zero attached hydrogens (tertiary/aromatic N) is 12. The third kappa shape index (κ3) is 12.3. The summed E-state index contributed by atoms with van der Waals surface area (Å²) in [6.45, 7) is 7.84. The normalized spacial score (nSPS) is 13.7. The molecule has 0 spiro atoms. The number of imidazole rings is 2. The molecule has 1 saturated heterocycles. The van der Waals surface area contributed by atoms with Crippen molar-refractivity contribution in [3.63, 3.8) is 0 Å². The maximum atomic E-state index is 12.7. The molecule has 398 valence electrons. The van der Waals surface area contributed by atoms with Gasteiger partial charge in [-0.05, 0) is 104 Å². The SMILES string of the molecule is CC1(C)OB(c2cncc(NS(=O)(=O)c3ccccc3)c2)OC1(C)C.CN(C)c1ncc(-c2cnc3ccc(-c4cncc(NS(=O)(=O)c5ccccc5)c4)cn23)cn1.CN(C)c1ncc(-c2cnc3ccc(Br)cn23)cn1. The number of sulfonamides is 2. The van der Waals surface area contributed by atoms with Crippen LogP contribution >= 0.6 is 15.9 Å². The minimum atomic E-state index is -3.71. The van der Waals surface area contributed by atoms with Crippen LogP contribution in [0.25, 0.3) is 44.9 Å². The van der Waals surface area contributed by atoms with Crippen molar-refractivity contribution < 1.29 is 26.1 Å². The maximum absolute atomic E-state index is 12.7. The molecule has 1 fully saturated rings. The van der Waals surface area contributed by atoms with Gasteiger partial charge >= 0.3 is 7.12 Å². The zero-order chi connectivity index (χ0) is 55.4. The van der Waals surface area contributed by atoms with Gasteiger partial charge < -0.3 is 19.1 Å². The van der Waals surface area contributed by atoms with E-state index in [1.807, 2.05) is 130 Å². The number of aromatic nitrogens is 10. The highest BCUT2D eigenvalue weighted by atomic mass is 79.9. The molecule has 10 aromatic rings. The molecule has 0 unspecified atom stereocenters. The van der Waals surface area contributed by atoms with Crippen molar-refractivity contribution in [2.75, 3.05) is 47.4 Å². The maximum Gasteiger partial charge on any atom is 0.496 e. The van der Waals surface area contributed by atoms with Gasteiger partial charge in [-0.1, -0.05) is 36.4 Å². The topological polar surface area (TPSA) is 229 Å². The van der Waals surface area contributed by atoms with E-state index >= 15 is 0 Å². The Morgan fingerprint density at radius 1 is 0.500 bits per heavy atom. The molecule has 8 aromatic heterocycles. The number of nitrogens with one attached hydrogen (secondary N) is 2. The predicted molar refractivity (Wildman–Crippen MR) is 306 cm³/mol. The first kappa shape index (κ1) is 54.6. The molecular formula is C54H54BBrN14O6S2. The van der Waals surface area contributed by atoms with Crippen LogP contribution in [0, 0.1) is 0 Å². The van der Waals surface area contributed by atoms with Crippen molar-refractivity contribution in [1.82, 2.24) is 48.7 Å². The number of halogens is 1. The van der Waals surface area contributed by atoms with Crippen LogP contribution in [0.4, 0.5) is 23.3 Å². The van der Waals surface area contributed by atoms with Gasteiger partial charge in [0.1, 0.15) is 11.3 Å². The average Bonchev–Trinajstić information content (AvgIpc) is 4.20. The molecular weight excluding hydrogens is 1100 g/mol. The fraction of sp³-hybridized carbons (Fsp3) is 0.185. The number of hydrogen-bond acceptors (Lipinski definition) is 16. The lowest BCUT2D eigenvalue weighted by molar-refractivity contribution is 0.00578. The van der Waals surface area contributed by atoms with Gasteiger partial charge in [-0.15, -0.1) is 0 Å². The first-order valence-corrected chi connectivity index (χ1v) is 27.9. The van der Waals surface area contributed by atoms with Crippen LogP contribution in [0.15, 0.2) is 186 Å². The van der Waals surface area contributed by atoms with Crippen molar-refractivity contribution in [1.29, 1.82) is 0 Å². The van der Waals surface area contributed by atoms with Crippen LogP contribution in [0.5, 0.6) is 0 Å². The second-order valence-corrected chi connectivity index (χ2v) is 23.5. The number of benzene rings is 2. The van der Waals surface area contributed by atoms with E-state index in [0.717, 1.165) is 49.4 Å². The standard InChI is InChI=1S/C24H21N7O2S.C17H21BN2O4S.C13H12BrN5/c1-30(2)24-27-12-19(13-28-24)22-15-26-23-9-8-17(16-31(22)23)18-10-20(14-25-11-18)29-34(32,33)21-6-4-3-5-7-21;1-16(2)17(3,4)24-18(23-16)13-10-14(12-19-11-13)20-25(21,22)15-8-6-5-7-9-15;1-18(2)13-16-5-9(6-17-13)11-7-15-12-4-3-10(14)8-19(11)12/h3-16,29H,1-2H3;5-12,20H,1-4H3;3-8H,1-2H3. The Balaban J connectivity index is 0.000000149. The lowest BCUT2D eigenvalue weighted by Crippen LogP contribution is -2.41. The van der Waals surface area contributed by atoms with Crippen molar-refractivity contribution in [3.8, 4) is 33.6 Å². The van der Waals surface area contributed by atoms with Crippen LogP contribution < -0.4 is 24.7 Å². The Morgan fingerprint density at radius 3 is 1.44 bits per heavy atom. The molecule has 78 heavy (non-hydrogen) atoms. The van der Waals surface area contributed by atoms with Crippen molar-refractivity contribution >= 4 is 83.1 Å². The lowest BCUT2D eigenvalue weighted by atomic mass is 9.80. The summed E-state index contributed by atoms with van der Waals surface area (Å²) in [6.07, 6.45) is 20.9. The van der Waals surface area contributed by atoms with Gasteiger partial charge in [0.15, 0.2) is 0 Å². The Bertz CT molecular complexity index is 3930. The molecule has 24 heteroatoms. The molecule has 0 saturated carbocycles. The third-order valence-corrected chi connectivity index (χ3v) is 15.9. The zero-order valence-corrected chi connectivity index (χ0v) is 47.0. The zero-order valence-electron chi connectivity index (χ0n) is 43.8. The number of rotatable bonds is 12. The molecule has 0 atom stereocenters. The van der Waals surface area contributed by atoms with Crippen LogP contribution in [0.1, 0.15) is 27.7 Å². The summed E-state index contributed by atoms with van der Waals surface area (Å²) in [5.41, 5.74) is 7.31. The van der Waals surface area contributed by atoms with E-state index in [1.165, 1.54) is 24.5 Å². The predicted octanol–water partition coefficient (Wildman–Crippen LogP) is 8.52. The smallest absolute Gasteiger partial charge is 0.399 e. The van der Waals surface area contributed by atoms with Crippen molar-refractivity contribution in [2.24, 2.45) is 0 Å². The first-order chi connectivity index (χ1) is 37.2. The highest BCUT2D eigenvalue weighted by Crippen LogP contribution is 2.37. The molecule has 0 radical (unpaired) electrons. The summed E-state index contributed by atoms with van der Waals surface area (Å²) in [5, 5.41) is 0. The van der Waals surface area contributed by atoms with E-state index in [0.29, 0.717) is 28.7 Å². The van der Waals surface area contributed by atoms with E-state index in [4.69, 9.17) is 9.31 Å². The lowest BCUT2D eigenvalue weighted by Gasteiger charge is -2.32. The fourth-order valence-corrected chi connectivity index (χ4v) is 10.3. The summed E-state index contributed by atoms with van der Waals surface area (Å²) in [5.74, 6) is 1.32. The Labute approximate surface area is 461 Å². The molecule has 20 nitrogen and oxygen atoms in total. The van der Waals surface area contributed by atoms with E-state index < -0.39 is 38.4 Å². The van der Waals surface area contributed by atoms with E-state index in [1.54, 1.807) is 91.6 Å². The van der Waals surface area contributed by atoms with Gasteiger partial charge in [-0.25, -0.2) is 46.7 Å². The molecule has 0 bridgehead atoms. The molecule has 9 heterocycles. The minimum Gasteiger partial charge on any atom is -0.399 e. The summed E-state index contributed by atoms with van der Waals surface area (Å²) in [7, 11) is -0.375. The Morgan fingerprint density at radius 2 is 0.949 bits per heavy atom. The van der Waals surface area contributed by atoms with Gasteiger partial charge in [0.25, 0.3) is 20.0 Å². The van der Waals surface area contributed by atoms with Crippen molar-refractivity contribution in [3.05, 3.63) is 176 Å². The fourth-order valence-electron chi connectivity index (χ4n) is 7.80. The summed E-state index contributed by atoms with van der Waals surface area (Å²) >= 11 is 3.47. The van der Waals surface area contributed by atoms with Crippen LogP contribution in [-0.4, -0.2) is 112 Å². The van der Waals surface area contributed by atoms with E-state index in [9.17, 15) is 16.8 Å². The van der Waals surface area contributed by atoms with E-state index in [-0.39, 0.29) is 9.79 Å². The summed E-state index contributed by atoms with van der Waals surface area (Å²) < 4.78 is 72.3. The third-order valence-electron chi connectivity index (χ3n) is 12.6. The van der Waals surface area contributed by atoms with Gasteiger partial charge in [0, 0.05) is 110 Å². The van der Waals surface area contributed by atoms with Gasteiger partial charge in [0.05, 0.1) is 68.5 Å². The average molecular weight is 1150 g/mol. The molecule has 2 N–H and O–H groups in total. The van der Waals surface area contributed by atoms with Gasteiger partial charge in [-0.2, -0.15) is 0 Å². The van der Waals surface area contributed by atoms with Gasteiger partial charge in [0.2, 0.25) is 11.9 Å². The molecule has 11 rings (SSSR count). The summed E-state index contributed by atoms with van der Waals surface area (Å²) in [6, 6.07) is 27.6. The highest BCUT2D eigenvalue weighted by molar-refractivity contribution is 9.10. The van der Waals surface area contributed by atoms with Crippen molar-refractivity contribution in [2.45, 2.75) is 48.7 Å². The number of pyridine rings is 4. The summed E-state index contributed by atoms with van der Waals surface area (Å²) in [4.78, 5) is 38.7. The molecule has 1 aliphatic heterocycles. The van der Waals surface area contributed by atoms with Crippen LogP contribution in [0.2, 0.25) is 0 Å². The van der Waals surface area contributed by atoms with Crippen LogP contribution in [0.3, 0.4) is 0 Å².